The van der Waals surface area contributed by atoms with Crippen LogP contribution in [-0.4, -0.2) is 120 Å². The van der Waals surface area contributed by atoms with Gasteiger partial charge in [0.1, 0.15) is 41.2 Å². The van der Waals surface area contributed by atoms with E-state index in [9.17, 15) is 54.6 Å². The molecule has 322 valence electrons. The molecule has 3 aliphatic rings. The van der Waals surface area contributed by atoms with Crippen LogP contribution in [0.2, 0.25) is 0 Å². The molecule has 0 unspecified atom stereocenters. The number of benzene rings is 2. The standard InChI is InChI=1S/C43H55NO15/c1-22-26(57-37(52)32(49)30(24-15-11-9-12-16-24)44-38(53)59-39(3,4)5)20-43(55)35(58-36(51)25-17-13-10-14-18-25)33-41(8,34(50)31(48)29(22)40(43,6)7)27(47)19-28(56-23(2)46)42(33,54)21-45/h9-18,26-28,30-33,35,45,47-49,54-55H,19-21H2,1-8H3,(H,44,53)/t26-,27-,28-,30-,31+,32+,33-,35-,41+,42-,43+/m0/s1. The predicted octanol–water partition coefficient (Wildman–Crippen LogP) is 2.21. The summed E-state index contributed by atoms with van der Waals surface area (Å²) in [5.41, 5.74) is -10.1. The van der Waals surface area contributed by atoms with Crippen molar-refractivity contribution in [1.29, 1.82) is 0 Å². The summed E-state index contributed by atoms with van der Waals surface area (Å²) in [7, 11) is 0. The summed E-state index contributed by atoms with van der Waals surface area (Å²) >= 11 is 0. The molecule has 2 aromatic rings. The van der Waals surface area contributed by atoms with Crippen molar-refractivity contribution in [2.75, 3.05) is 6.61 Å². The summed E-state index contributed by atoms with van der Waals surface area (Å²) in [6, 6.07) is 14.1. The van der Waals surface area contributed by atoms with Gasteiger partial charge in [0.2, 0.25) is 0 Å². The lowest BCUT2D eigenvalue weighted by atomic mass is 9.45. The number of ether oxygens (including phenoxy) is 4. The Hall–Kier alpha value is -4.71. The first kappa shape index (κ1) is 45.4. The van der Waals surface area contributed by atoms with Crippen molar-refractivity contribution in [3.05, 3.63) is 82.9 Å². The maximum atomic E-state index is 14.9. The fourth-order valence-electron chi connectivity index (χ4n) is 9.18. The van der Waals surface area contributed by atoms with E-state index >= 15 is 0 Å². The number of ketones is 1. The van der Waals surface area contributed by atoms with Crippen molar-refractivity contribution in [2.24, 2.45) is 16.7 Å². The van der Waals surface area contributed by atoms with Gasteiger partial charge in [-0.05, 0) is 63.5 Å². The second-order valence-electron chi connectivity index (χ2n) is 17.5. The Labute approximate surface area is 342 Å². The number of amides is 1. The van der Waals surface area contributed by atoms with Crippen molar-refractivity contribution >= 4 is 29.8 Å². The lowest BCUT2D eigenvalue weighted by Gasteiger charge is -2.64. The molecule has 3 aliphatic carbocycles. The number of carbonyl (C=O) groups excluding carboxylic acids is 5. The zero-order valence-corrected chi connectivity index (χ0v) is 34.4. The molecule has 0 radical (unpaired) electrons. The minimum atomic E-state index is -2.71. The molecule has 2 fully saturated rings. The summed E-state index contributed by atoms with van der Waals surface area (Å²) in [6.07, 6.45) is -13.7. The van der Waals surface area contributed by atoms with E-state index in [1.807, 2.05) is 0 Å². The molecular weight excluding hydrogens is 770 g/mol. The van der Waals surface area contributed by atoms with Crippen molar-refractivity contribution in [2.45, 2.75) is 128 Å². The Bertz CT molecular complexity index is 1960. The summed E-state index contributed by atoms with van der Waals surface area (Å²) in [5.74, 6) is -6.40. The molecule has 0 aliphatic heterocycles. The van der Waals surface area contributed by atoms with Gasteiger partial charge in [-0.15, -0.1) is 0 Å². The average molecular weight is 826 g/mol. The summed E-state index contributed by atoms with van der Waals surface area (Å²) in [4.78, 5) is 68.2. The van der Waals surface area contributed by atoms with Crippen LogP contribution in [-0.2, 0) is 33.3 Å². The third kappa shape index (κ3) is 8.13. The van der Waals surface area contributed by atoms with E-state index in [-0.39, 0.29) is 16.7 Å². The number of hydrogen-bond donors (Lipinski definition) is 7. The van der Waals surface area contributed by atoms with Crippen LogP contribution < -0.4 is 5.32 Å². The first-order valence-corrected chi connectivity index (χ1v) is 19.4. The third-order valence-electron chi connectivity index (χ3n) is 12.3. The van der Waals surface area contributed by atoms with Crippen LogP contribution in [0.3, 0.4) is 0 Å². The molecule has 11 atom stereocenters. The maximum Gasteiger partial charge on any atom is 0.408 e. The number of hydrogen-bond acceptors (Lipinski definition) is 15. The van der Waals surface area contributed by atoms with Gasteiger partial charge < -0.3 is 54.9 Å². The molecule has 1 amide bonds. The van der Waals surface area contributed by atoms with Crippen LogP contribution in [0.25, 0.3) is 0 Å². The van der Waals surface area contributed by atoms with Gasteiger partial charge in [0, 0.05) is 31.1 Å². The molecule has 16 heteroatoms. The number of fused-ring (bicyclic) bond motifs is 3. The van der Waals surface area contributed by atoms with Gasteiger partial charge in [-0.25, -0.2) is 14.4 Å². The molecule has 0 heterocycles. The van der Waals surface area contributed by atoms with Gasteiger partial charge in [-0.3, -0.25) is 9.59 Å². The van der Waals surface area contributed by atoms with E-state index in [4.69, 9.17) is 18.9 Å². The lowest BCUT2D eigenvalue weighted by Crippen LogP contribution is -2.78. The van der Waals surface area contributed by atoms with E-state index in [0.717, 1.165) is 6.92 Å². The monoisotopic (exact) mass is 825 g/mol. The van der Waals surface area contributed by atoms with E-state index in [1.165, 1.54) is 52.0 Å². The van der Waals surface area contributed by atoms with E-state index < -0.39 is 125 Å². The van der Waals surface area contributed by atoms with Crippen LogP contribution in [0.4, 0.5) is 4.79 Å². The van der Waals surface area contributed by atoms with Gasteiger partial charge in [-0.1, -0.05) is 62.4 Å². The number of carbonyl (C=O) groups is 5. The van der Waals surface area contributed by atoms with Crippen molar-refractivity contribution in [3.8, 4) is 0 Å². The smallest absolute Gasteiger partial charge is 0.408 e. The molecule has 0 saturated heterocycles. The maximum absolute atomic E-state index is 14.9. The Morgan fingerprint density at radius 1 is 0.915 bits per heavy atom. The molecule has 2 saturated carbocycles. The largest absolute Gasteiger partial charge is 0.459 e. The van der Waals surface area contributed by atoms with Crippen molar-refractivity contribution in [3.63, 3.8) is 0 Å². The number of Topliss-reactive ketones (excluding diaryl/α,β-unsaturated/α-hetero) is 1. The highest BCUT2D eigenvalue weighted by Crippen LogP contribution is 2.62. The highest BCUT2D eigenvalue weighted by Gasteiger charge is 2.74. The summed E-state index contributed by atoms with van der Waals surface area (Å²) < 4.78 is 22.8. The third-order valence-corrected chi connectivity index (χ3v) is 12.3. The van der Waals surface area contributed by atoms with Crippen LogP contribution in [0.1, 0.15) is 90.2 Å². The van der Waals surface area contributed by atoms with Gasteiger partial charge in [-0.2, -0.15) is 0 Å². The summed E-state index contributed by atoms with van der Waals surface area (Å²) in [6.45, 7) is 10.2. The van der Waals surface area contributed by atoms with Gasteiger partial charge in [0.05, 0.1) is 29.7 Å². The summed E-state index contributed by atoms with van der Waals surface area (Å²) in [5, 5.41) is 74.8. The normalized spacial score (nSPS) is 32.6. The highest BCUT2D eigenvalue weighted by molar-refractivity contribution is 5.94. The minimum absolute atomic E-state index is 0.0252. The number of rotatable bonds is 9. The zero-order chi connectivity index (χ0) is 44.0. The van der Waals surface area contributed by atoms with Crippen molar-refractivity contribution in [1.82, 2.24) is 5.32 Å². The van der Waals surface area contributed by atoms with Gasteiger partial charge >= 0.3 is 24.0 Å². The molecule has 5 rings (SSSR count). The Kier molecular flexibility index (Phi) is 12.6. The minimum Gasteiger partial charge on any atom is -0.459 e. The molecule has 7 N–H and O–H groups in total. The predicted molar refractivity (Wildman–Crippen MR) is 207 cm³/mol. The van der Waals surface area contributed by atoms with E-state index in [0.29, 0.717) is 5.56 Å². The number of nitrogens with one attached hydrogen (secondary N) is 1. The topological polar surface area (TPSA) is 256 Å². The average Bonchev–Trinajstić information content (AvgIpc) is 3.16. The fraction of sp³-hybridized carbons (Fsp3) is 0.558. The molecular formula is C43H55NO15. The second-order valence-corrected chi connectivity index (χ2v) is 17.5. The van der Waals surface area contributed by atoms with Crippen LogP contribution >= 0.6 is 0 Å². The Morgan fingerprint density at radius 3 is 2.03 bits per heavy atom. The van der Waals surface area contributed by atoms with E-state index in [2.05, 4.69) is 5.32 Å². The molecule has 2 bridgehead atoms. The van der Waals surface area contributed by atoms with Crippen LogP contribution in [0.5, 0.6) is 0 Å². The lowest BCUT2D eigenvalue weighted by molar-refractivity contribution is -0.287. The first-order valence-electron chi connectivity index (χ1n) is 19.4. The van der Waals surface area contributed by atoms with Crippen LogP contribution in [0, 0.1) is 16.7 Å². The molecule has 59 heavy (non-hydrogen) atoms. The fourth-order valence-corrected chi connectivity index (χ4v) is 9.18. The number of alkyl carbamates (subject to hydrolysis) is 1. The number of esters is 3. The highest BCUT2D eigenvalue weighted by atomic mass is 16.6. The number of aliphatic hydroxyl groups excluding tert-OH is 4. The Balaban J connectivity index is 1.68. The molecule has 0 aromatic heterocycles. The first-order chi connectivity index (χ1) is 27.3. The molecule has 16 nitrogen and oxygen atoms in total. The molecule has 2 aromatic carbocycles. The SMILES string of the molecule is CC(=O)O[C@H]1C[C@H](O)[C@@]2(C)C(=O)[C@H](O)C3=C(C)[C@@H](OC(=O)[C@H](O)[C@@H](NC(=O)OC(C)(C)C)c4ccccc4)C[C@@](O)([C@@H](OC(=O)c4ccccc4)[C@@H]2[C@]1(O)CO)C3(C)C. The zero-order valence-electron chi connectivity index (χ0n) is 34.4. The van der Waals surface area contributed by atoms with Gasteiger partial charge in [0.25, 0.3) is 0 Å². The van der Waals surface area contributed by atoms with Gasteiger partial charge in [0.15, 0.2) is 11.9 Å². The van der Waals surface area contributed by atoms with Crippen molar-refractivity contribution < 1.29 is 73.6 Å². The number of aliphatic hydroxyl groups is 6. The Morgan fingerprint density at radius 2 is 1.49 bits per heavy atom. The quantitative estimate of drug-likeness (QED) is 0.109. The second kappa shape index (κ2) is 16.4. The van der Waals surface area contributed by atoms with E-state index in [1.54, 1.807) is 57.2 Å². The molecule has 0 spiro atoms. The van der Waals surface area contributed by atoms with Crippen LogP contribution in [0.15, 0.2) is 71.8 Å².